The van der Waals surface area contributed by atoms with Crippen LogP contribution in [0.3, 0.4) is 0 Å². The number of fused-ring (bicyclic) bond motifs is 2. The number of thiophene rings is 1. The van der Waals surface area contributed by atoms with E-state index in [-0.39, 0.29) is 5.91 Å². The Labute approximate surface area is 204 Å². The van der Waals surface area contributed by atoms with Crippen LogP contribution in [0.5, 0.6) is 0 Å². The molecule has 1 aromatic carbocycles. The van der Waals surface area contributed by atoms with Gasteiger partial charge in [0.1, 0.15) is 16.9 Å². The first-order chi connectivity index (χ1) is 17.2. The molecule has 5 aromatic heterocycles. The normalized spacial score (nSPS) is 11.3. The molecule has 0 fully saturated rings. The van der Waals surface area contributed by atoms with Crippen molar-refractivity contribution in [2.75, 3.05) is 5.32 Å². The van der Waals surface area contributed by atoms with E-state index in [1.165, 1.54) is 0 Å². The number of nitrogens with zero attached hydrogens (tertiary/aromatic N) is 4. The van der Waals surface area contributed by atoms with Gasteiger partial charge in [0.2, 0.25) is 5.91 Å². The molecule has 6 aromatic rings. The second-order valence-electron chi connectivity index (χ2n) is 8.21. The van der Waals surface area contributed by atoms with E-state index in [9.17, 15) is 4.79 Å². The van der Waals surface area contributed by atoms with Gasteiger partial charge in [-0.15, -0.1) is 11.3 Å². The molecule has 0 aliphatic heterocycles. The van der Waals surface area contributed by atoms with E-state index in [4.69, 9.17) is 4.98 Å². The maximum atomic E-state index is 12.0. The van der Waals surface area contributed by atoms with Crippen LogP contribution < -0.4 is 5.32 Å². The molecular weight excluding hydrogens is 458 g/mol. The Morgan fingerprint density at radius 3 is 2.86 bits per heavy atom. The van der Waals surface area contributed by atoms with Crippen LogP contribution in [-0.2, 0) is 4.79 Å². The van der Waals surface area contributed by atoms with Crippen LogP contribution in [0, 0.1) is 0 Å². The van der Waals surface area contributed by atoms with Gasteiger partial charge >= 0.3 is 0 Å². The van der Waals surface area contributed by atoms with Gasteiger partial charge in [0.15, 0.2) is 5.82 Å². The highest BCUT2D eigenvalue weighted by atomic mass is 32.1. The number of anilines is 1. The van der Waals surface area contributed by atoms with Crippen LogP contribution >= 0.6 is 11.3 Å². The Morgan fingerprint density at radius 2 is 2.00 bits per heavy atom. The monoisotopic (exact) mass is 479 g/mol. The highest BCUT2D eigenvalue weighted by molar-refractivity contribution is 7.13. The van der Waals surface area contributed by atoms with Crippen molar-refractivity contribution in [3.63, 3.8) is 0 Å². The summed E-state index contributed by atoms with van der Waals surface area (Å²) >= 11 is 1.64. The van der Waals surface area contributed by atoms with E-state index in [0.717, 1.165) is 55.7 Å². The minimum Gasteiger partial charge on any atom is -0.336 e. The lowest BCUT2D eigenvalue weighted by molar-refractivity contribution is -0.116. The summed E-state index contributed by atoms with van der Waals surface area (Å²) in [6, 6.07) is 14.0. The van der Waals surface area contributed by atoms with E-state index < -0.39 is 0 Å². The highest BCUT2D eigenvalue weighted by Gasteiger charge is 2.17. The largest absolute Gasteiger partial charge is 0.336 e. The molecule has 0 aliphatic carbocycles. The van der Waals surface area contributed by atoms with E-state index >= 15 is 0 Å². The molecule has 0 radical (unpaired) electrons. The summed E-state index contributed by atoms with van der Waals surface area (Å²) in [5.41, 5.74) is 6.77. The zero-order valence-electron chi connectivity index (χ0n) is 18.9. The van der Waals surface area contributed by atoms with Crippen molar-refractivity contribution < 1.29 is 4.79 Å². The summed E-state index contributed by atoms with van der Waals surface area (Å²) in [6.07, 6.45) is 6.52. The smallest absolute Gasteiger partial charge is 0.224 e. The third kappa shape index (κ3) is 3.95. The maximum absolute atomic E-state index is 12.0. The predicted octanol–water partition coefficient (Wildman–Crippen LogP) is 6.03. The molecule has 0 atom stereocenters. The number of carbonyl (C=O) groups excluding carboxylic acids is 1. The number of benzene rings is 1. The minimum atomic E-state index is -0.0136. The lowest BCUT2D eigenvalue weighted by Gasteiger charge is -2.07. The molecule has 35 heavy (non-hydrogen) atoms. The highest BCUT2D eigenvalue weighted by Crippen LogP contribution is 2.33. The molecule has 0 saturated carbocycles. The fraction of sp³-hybridized carbons (Fsp3) is 0.115. The fourth-order valence-corrected chi connectivity index (χ4v) is 4.85. The van der Waals surface area contributed by atoms with Gasteiger partial charge in [0.25, 0.3) is 0 Å². The van der Waals surface area contributed by atoms with Crippen LogP contribution in [0.1, 0.15) is 19.8 Å². The second-order valence-corrected chi connectivity index (χ2v) is 9.16. The summed E-state index contributed by atoms with van der Waals surface area (Å²) in [5.74, 6) is 0.660. The SMILES string of the molecule is CCCC(=O)Nc1cncc(-c2ccc3[nH]nc(-c4nc5c(-c6cccs6)nccc5[nH]4)c3c2)c1. The number of aromatic amines is 2. The lowest BCUT2D eigenvalue weighted by atomic mass is 10.0. The van der Waals surface area contributed by atoms with Crippen molar-refractivity contribution >= 4 is 44.9 Å². The Morgan fingerprint density at radius 1 is 1.06 bits per heavy atom. The van der Waals surface area contributed by atoms with Crippen LogP contribution in [-0.4, -0.2) is 36.0 Å². The number of nitrogens with one attached hydrogen (secondary N) is 3. The fourth-order valence-electron chi connectivity index (χ4n) is 4.13. The molecule has 9 heteroatoms. The first kappa shape index (κ1) is 21.2. The molecule has 3 N–H and O–H groups in total. The number of pyridine rings is 2. The lowest BCUT2D eigenvalue weighted by Crippen LogP contribution is -2.10. The third-order valence-corrected chi connectivity index (χ3v) is 6.65. The Balaban J connectivity index is 1.40. The molecule has 0 bridgehead atoms. The molecule has 8 nitrogen and oxygen atoms in total. The van der Waals surface area contributed by atoms with Gasteiger partial charge < -0.3 is 10.3 Å². The standard InChI is InChI=1S/C26H21N7OS/c1-2-4-22(34)29-17-11-16(13-27-14-17)15-6-7-19-18(12-15)23(33-32-19)26-30-20-8-9-28-25(24(20)31-26)21-5-3-10-35-21/h3,5-14H,2,4H2,1H3,(H,29,34)(H,30,31)(H,32,33). The molecule has 5 heterocycles. The van der Waals surface area contributed by atoms with E-state index in [1.807, 2.05) is 48.7 Å². The van der Waals surface area contributed by atoms with Crippen LogP contribution in [0.2, 0.25) is 0 Å². The topological polar surface area (TPSA) is 112 Å². The second kappa shape index (κ2) is 8.77. The number of H-pyrrole nitrogens is 2. The Hall–Kier alpha value is -4.37. The van der Waals surface area contributed by atoms with E-state index in [0.29, 0.717) is 17.9 Å². The van der Waals surface area contributed by atoms with Crippen molar-refractivity contribution in [3.05, 3.63) is 66.4 Å². The average molecular weight is 480 g/mol. The Kier molecular flexibility index (Phi) is 5.31. The van der Waals surface area contributed by atoms with Crippen molar-refractivity contribution in [1.29, 1.82) is 0 Å². The molecule has 6 rings (SSSR count). The van der Waals surface area contributed by atoms with Gasteiger partial charge in [-0.3, -0.25) is 19.9 Å². The van der Waals surface area contributed by atoms with Crippen molar-refractivity contribution in [3.8, 4) is 33.2 Å². The number of rotatable bonds is 6. The average Bonchev–Trinajstić information content (AvgIpc) is 3.63. The van der Waals surface area contributed by atoms with E-state index in [1.54, 1.807) is 29.9 Å². The number of aromatic nitrogens is 6. The first-order valence-electron chi connectivity index (χ1n) is 11.3. The maximum Gasteiger partial charge on any atom is 0.224 e. The number of imidazole rings is 1. The summed E-state index contributed by atoms with van der Waals surface area (Å²) < 4.78 is 0. The van der Waals surface area contributed by atoms with Gasteiger partial charge in [-0.05, 0) is 47.7 Å². The molecule has 0 spiro atoms. The molecular formula is C26H21N7OS. The number of hydrogen-bond donors (Lipinski definition) is 3. The zero-order chi connectivity index (χ0) is 23.8. The van der Waals surface area contributed by atoms with Crippen LogP contribution in [0.25, 0.3) is 55.2 Å². The number of hydrogen-bond acceptors (Lipinski definition) is 6. The van der Waals surface area contributed by atoms with Gasteiger partial charge in [0, 0.05) is 29.8 Å². The molecule has 0 unspecified atom stereocenters. The molecule has 0 saturated heterocycles. The number of amides is 1. The predicted molar refractivity (Wildman–Crippen MR) is 139 cm³/mol. The third-order valence-electron chi connectivity index (χ3n) is 5.78. The van der Waals surface area contributed by atoms with E-state index in [2.05, 4.69) is 36.5 Å². The van der Waals surface area contributed by atoms with Gasteiger partial charge in [-0.1, -0.05) is 19.1 Å². The van der Waals surface area contributed by atoms with Crippen molar-refractivity contribution in [1.82, 2.24) is 30.1 Å². The summed E-state index contributed by atoms with van der Waals surface area (Å²) in [4.78, 5) is 30.2. The number of carbonyl (C=O) groups is 1. The quantitative estimate of drug-likeness (QED) is 0.270. The van der Waals surface area contributed by atoms with Crippen molar-refractivity contribution in [2.45, 2.75) is 19.8 Å². The first-order valence-corrected chi connectivity index (χ1v) is 12.2. The van der Waals surface area contributed by atoms with Crippen molar-refractivity contribution in [2.24, 2.45) is 0 Å². The molecule has 0 aliphatic rings. The summed E-state index contributed by atoms with van der Waals surface area (Å²) in [7, 11) is 0. The molecule has 1 amide bonds. The van der Waals surface area contributed by atoms with Crippen LogP contribution in [0.4, 0.5) is 5.69 Å². The van der Waals surface area contributed by atoms with Gasteiger partial charge in [-0.25, -0.2) is 4.98 Å². The zero-order valence-corrected chi connectivity index (χ0v) is 19.7. The molecule has 172 valence electrons. The minimum absolute atomic E-state index is 0.0136. The Bertz CT molecular complexity index is 1670. The van der Waals surface area contributed by atoms with Crippen LogP contribution in [0.15, 0.2) is 66.4 Å². The van der Waals surface area contributed by atoms with Gasteiger partial charge in [0.05, 0.1) is 27.8 Å². The summed E-state index contributed by atoms with van der Waals surface area (Å²) in [5, 5.41) is 13.5. The summed E-state index contributed by atoms with van der Waals surface area (Å²) in [6.45, 7) is 1.98. The van der Waals surface area contributed by atoms with Gasteiger partial charge in [-0.2, -0.15) is 5.10 Å².